The van der Waals surface area contributed by atoms with E-state index in [0.29, 0.717) is 27.7 Å². The first-order valence-corrected chi connectivity index (χ1v) is 15.9. The van der Waals surface area contributed by atoms with E-state index in [1.807, 2.05) is 48.7 Å². The fraction of sp³-hybridized carbons (Fsp3) is 0.0857. The molecule has 0 aliphatic carbocycles. The van der Waals surface area contributed by atoms with Crippen LogP contribution in [0.2, 0.25) is 0 Å². The Kier molecular flexibility index (Phi) is 10.5. The summed E-state index contributed by atoms with van der Waals surface area (Å²) < 4.78 is 5.37. The molecule has 46 heavy (non-hydrogen) atoms. The predicted octanol–water partition coefficient (Wildman–Crippen LogP) is 7.05. The third-order valence-corrected chi connectivity index (χ3v) is 8.70. The Labute approximate surface area is 274 Å². The number of thioether (sulfide) groups is 1. The largest absolute Gasteiger partial charge is 0.508 e. The first kappa shape index (κ1) is 32.0. The molecule has 0 spiro atoms. The maximum absolute atomic E-state index is 13.7. The fourth-order valence-electron chi connectivity index (χ4n) is 4.38. The van der Waals surface area contributed by atoms with Crippen molar-refractivity contribution in [2.75, 3.05) is 17.7 Å². The molecule has 0 bridgehead atoms. The van der Waals surface area contributed by atoms with Crippen molar-refractivity contribution in [1.29, 1.82) is 0 Å². The molecule has 1 atom stereocenters. The van der Waals surface area contributed by atoms with E-state index in [0.717, 1.165) is 16.2 Å². The normalized spacial score (nSPS) is 11.7. The molecular weight excluding hydrogens is 621 g/mol. The molecule has 3 amide bonds. The van der Waals surface area contributed by atoms with E-state index < -0.39 is 17.1 Å². The Balaban J connectivity index is 1.40. The topological polar surface area (TPSA) is 130 Å². The Morgan fingerprint density at radius 2 is 1.65 bits per heavy atom. The molecular formula is C35H30N4O5S2. The van der Waals surface area contributed by atoms with Gasteiger partial charge in [0.1, 0.15) is 22.4 Å². The predicted molar refractivity (Wildman–Crippen MR) is 182 cm³/mol. The Bertz CT molecular complexity index is 1880. The molecule has 0 aliphatic rings. The highest BCUT2D eigenvalue weighted by Gasteiger charge is 2.24. The monoisotopic (exact) mass is 650 g/mol. The molecule has 1 heterocycles. The fourth-order valence-corrected chi connectivity index (χ4v) is 6.16. The average Bonchev–Trinajstić information content (AvgIpc) is 3.48. The van der Waals surface area contributed by atoms with Crippen LogP contribution in [0.15, 0.2) is 119 Å². The summed E-state index contributed by atoms with van der Waals surface area (Å²) in [6, 6.07) is 29.5. The molecule has 0 saturated carbocycles. The van der Waals surface area contributed by atoms with Gasteiger partial charge in [-0.2, -0.15) is 0 Å². The maximum atomic E-state index is 13.7. The van der Waals surface area contributed by atoms with E-state index in [-0.39, 0.29) is 17.4 Å². The molecule has 11 heteroatoms. The molecule has 0 radical (unpaired) electrons. The van der Waals surface area contributed by atoms with Crippen LogP contribution in [0.5, 0.6) is 11.5 Å². The number of hydrogen-bond donors (Lipinski definition) is 4. The number of hydrogen-bond acceptors (Lipinski definition) is 8. The van der Waals surface area contributed by atoms with Gasteiger partial charge in [0.25, 0.3) is 11.8 Å². The summed E-state index contributed by atoms with van der Waals surface area (Å²) in [6.45, 7) is 1.87. The second-order valence-electron chi connectivity index (χ2n) is 9.98. The van der Waals surface area contributed by atoms with Crippen molar-refractivity contribution >= 4 is 57.7 Å². The molecule has 5 rings (SSSR count). The molecule has 0 fully saturated rings. The van der Waals surface area contributed by atoms with Crippen LogP contribution in [0.25, 0.3) is 6.08 Å². The van der Waals surface area contributed by atoms with Crippen molar-refractivity contribution in [2.24, 2.45) is 0 Å². The van der Waals surface area contributed by atoms with Crippen molar-refractivity contribution in [3.05, 3.63) is 137 Å². The zero-order chi connectivity index (χ0) is 32.5. The molecule has 0 aliphatic heterocycles. The quantitative estimate of drug-likeness (QED) is 0.0891. The van der Waals surface area contributed by atoms with Gasteiger partial charge in [-0.3, -0.25) is 14.4 Å². The highest BCUT2D eigenvalue weighted by Crippen LogP contribution is 2.37. The molecule has 1 aromatic heterocycles. The van der Waals surface area contributed by atoms with E-state index in [2.05, 4.69) is 20.9 Å². The van der Waals surface area contributed by atoms with E-state index in [4.69, 9.17) is 4.74 Å². The Morgan fingerprint density at radius 1 is 0.913 bits per heavy atom. The molecule has 4 aromatic carbocycles. The summed E-state index contributed by atoms with van der Waals surface area (Å²) in [4.78, 5) is 45.3. The number of aryl methyl sites for hydroxylation is 1. The lowest BCUT2D eigenvalue weighted by atomic mass is 10.1. The Morgan fingerprint density at radius 3 is 2.35 bits per heavy atom. The van der Waals surface area contributed by atoms with Gasteiger partial charge in [0, 0.05) is 33.2 Å². The number of nitrogens with zero attached hydrogens (tertiary/aromatic N) is 1. The first-order chi connectivity index (χ1) is 22.3. The maximum Gasteiger partial charge on any atom is 0.272 e. The van der Waals surface area contributed by atoms with E-state index in [1.54, 1.807) is 54.6 Å². The number of ether oxygens (including phenoxy) is 1. The van der Waals surface area contributed by atoms with Crippen LogP contribution in [-0.2, 0) is 9.59 Å². The van der Waals surface area contributed by atoms with Crippen molar-refractivity contribution in [3.63, 3.8) is 0 Å². The van der Waals surface area contributed by atoms with Gasteiger partial charge in [-0.15, -0.1) is 23.1 Å². The van der Waals surface area contributed by atoms with Gasteiger partial charge in [-0.1, -0.05) is 54.6 Å². The number of carbonyl (C=O) groups excluding carboxylic acids is 3. The highest BCUT2D eigenvalue weighted by atomic mass is 32.2. The van der Waals surface area contributed by atoms with Crippen LogP contribution in [0, 0.1) is 6.92 Å². The number of rotatable bonds is 11. The standard InChI is InChI=1S/C35H30N4O5S2/c1-22-21-45-35(36-22)39-34(43)31(23-10-5-3-6-11-23)46-28-15-9-14-26(19-28)37-33(42)29(38-32(41)24-12-7-4-8-13-24)18-25-16-17-27(40)20-30(25)44-2/h3-21,31,40H,1-2H3,(H,37,42)(H,38,41)(H,36,39,43)/b29-18+. The van der Waals surface area contributed by atoms with Crippen LogP contribution >= 0.6 is 23.1 Å². The number of phenols is 1. The molecule has 5 aromatic rings. The highest BCUT2D eigenvalue weighted by molar-refractivity contribution is 8.00. The smallest absolute Gasteiger partial charge is 0.272 e. The summed E-state index contributed by atoms with van der Waals surface area (Å²) in [5.74, 6) is -0.978. The minimum Gasteiger partial charge on any atom is -0.508 e. The molecule has 9 nitrogen and oxygen atoms in total. The van der Waals surface area contributed by atoms with Crippen LogP contribution in [0.3, 0.4) is 0 Å². The molecule has 0 saturated heterocycles. The van der Waals surface area contributed by atoms with Crippen LogP contribution in [0.1, 0.15) is 32.4 Å². The lowest BCUT2D eigenvalue weighted by molar-refractivity contribution is -0.116. The number of benzene rings is 4. The molecule has 1 unspecified atom stereocenters. The first-order valence-electron chi connectivity index (χ1n) is 14.1. The summed E-state index contributed by atoms with van der Waals surface area (Å²) in [6.07, 6.45) is 1.48. The number of nitrogens with one attached hydrogen (secondary N) is 3. The lowest BCUT2D eigenvalue weighted by Crippen LogP contribution is -2.30. The minimum absolute atomic E-state index is 0.00751. The van der Waals surface area contributed by atoms with Crippen LogP contribution < -0.4 is 20.7 Å². The van der Waals surface area contributed by atoms with Gasteiger partial charge in [-0.25, -0.2) is 4.98 Å². The van der Waals surface area contributed by atoms with Gasteiger partial charge in [0.2, 0.25) is 5.91 Å². The second-order valence-corrected chi connectivity index (χ2v) is 12.0. The average molecular weight is 651 g/mol. The van der Waals surface area contributed by atoms with Crippen LogP contribution in [0.4, 0.5) is 10.8 Å². The third-order valence-electron chi connectivity index (χ3n) is 6.58. The van der Waals surface area contributed by atoms with Crippen molar-refractivity contribution in [3.8, 4) is 11.5 Å². The van der Waals surface area contributed by atoms with Gasteiger partial charge < -0.3 is 25.8 Å². The summed E-state index contributed by atoms with van der Waals surface area (Å²) in [5, 5.41) is 20.2. The number of thiazole rings is 1. The molecule has 4 N–H and O–H groups in total. The van der Waals surface area contributed by atoms with Gasteiger partial charge in [0.15, 0.2) is 5.13 Å². The van der Waals surface area contributed by atoms with Gasteiger partial charge >= 0.3 is 0 Å². The zero-order valence-electron chi connectivity index (χ0n) is 24.9. The SMILES string of the molecule is COc1cc(O)ccc1/C=C(/NC(=O)c1ccccc1)C(=O)Nc1cccc(SC(C(=O)Nc2nc(C)cs2)c2ccccc2)c1. The number of anilines is 2. The van der Waals surface area contributed by atoms with Crippen molar-refractivity contribution in [2.45, 2.75) is 17.1 Å². The van der Waals surface area contributed by atoms with E-state index >= 15 is 0 Å². The zero-order valence-corrected chi connectivity index (χ0v) is 26.5. The minimum atomic E-state index is -0.598. The summed E-state index contributed by atoms with van der Waals surface area (Å²) in [5.41, 5.74) is 2.88. The number of carbonyl (C=O) groups is 3. The second kappa shape index (κ2) is 15.1. The van der Waals surface area contributed by atoms with E-state index in [1.165, 1.54) is 48.4 Å². The number of methoxy groups -OCH3 is 1. The van der Waals surface area contributed by atoms with E-state index in [9.17, 15) is 19.5 Å². The number of aromatic nitrogens is 1. The number of amides is 3. The number of phenolic OH excluding ortho intramolecular Hbond substituents is 1. The molecule has 232 valence electrons. The van der Waals surface area contributed by atoms with Gasteiger partial charge in [-0.05, 0) is 61.0 Å². The van der Waals surface area contributed by atoms with Crippen LogP contribution in [-0.4, -0.2) is 34.9 Å². The van der Waals surface area contributed by atoms with Gasteiger partial charge in [0.05, 0.1) is 12.8 Å². The lowest BCUT2D eigenvalue weighted by Gasteiger charge is -2.17. The third kappa shape index (κ3) is 8.40. The summed E-state index contributed by atoms with van der Waals surface area (Å²) >= 11 is 2.69. The Hall–Kier alpha value is -5.39. The number of aromatic hydroxyl groups is 1. The van der Waals surface area contributed by atoms with Crippen molar-refractivity contribution in [1.82, 2.24) is 10.3 Å². The summed E-state index contributed by atoms with van der Waals surface area (Å²) in [7, 11) is 1.44. The van der Waals surface area contributed by atoms with Crippen molar-refractivity contribution < 1.29 is 24.2 Å².